The van der Waals surface area contributed by atoms with Crippen LogP contribution in [0, 0.1) is 17.6 Å². The molecular formula is C20H20F2N2O2. The Hall–Kier alpha value is -2.76. The normalized spacial score (nSPS) is 18.3. The van der Waals surface area contributed by atoms with Gasteiger partial charge in [-0.2, -0.15) is 0 Å². The number of halogens is 2. The third-order valence-corrected chi connectivity index (χ3v) is 4.39. The number of nitrogens with one attached hydrogen (secondary N) is 2. The summed E-state index contributed by atoms with van der Waals surface area (Å²) in [5.41, 5.74) is 1.83. The zero-order valence-electron chi connectivity index (χ0n) is 14.4. The zero-order valence-corrected chi connectivity index (χ0v) is 14.4. The summed E-state index contributed by atoms with van der Waals surface area (Å²) in [6, 6.07) is 10.7. The Morgan fingerprint density at radius 3 is 2.46 bits per heavy atom. The second-order valence-electron chi connectivity index (χ2n) is 6.49. The van der Waals surface area contributed by atoms with Gasteiger partial charge in [0, 0.05) is 23.7 Å². The highest BCUT2D eigenvalue weighted by Gasteiger charge is 2.44. The Bertz CT molecular complexity index is 838. The summed E-state index contributed by atoms with van der Waals surface area (Å²) in [5, 5.41) is 5.60. The van der Waals surface area contributed by atoms with Gasteiger partial charge in [-0.05, 0) is 54.7 Å². The van der Waals surface area contributed by atoms with Gasteiger partial charge in [0.25, 0.3) is 0 Å². The topological polar surface area (TPSA) is 58.2 Å². The molecule has 2 unspecified atom stereocenters. The molecular weight excluding hydrogens is 338 g/mol. The van der Waals surface area contributed by atoms with Crippen LogP contribution < -0.4 is 10.6 Å². The summed E-state index contributed by atoms with van der Waals surface area (Å²) in [6.45, 7) is 1.93. The van der Waals surface area contributed by atoms with Gasteiger partial charge >= 0.3 is 0 Å². The molecule has 1 aliphatic rings. The molecule has 26 heavy (non-hydrogen) atoms. The third kappa shape index (κ3) is 4.25. The van der Waals surface area contributed by atoms with Gasteiger partial charge in [0.1, 0.15) is 0 Å². The molecule has 0 bridgehead atoms. The van der Waals surface area contributed by atoms with Crippen LogP contribution in [0.3, 0.4) is 0 Å². The van der Waals surface area contributed by atoms with Gasteiger partial charge in [-0.15, -0.1) is 0 Å². The summed E-state index contributed by atoms with van der Waals surface area (Å²) < 4.78 is 26.4. The van der Waals surface area contributed by atoms with E-state index in [1.54, 1.807) is 24.3 Å². The first-order chi connectivity index (χ1) is 12.5. The first-order valence-electron chi connectivity index (χ1n) is 8.63. The highest BCUT2D eigenvalue weighted by atomic mass is 19.2. The number of carbonyl (C=O) groups is 2. The predicted octanol–water partition coefficient (Wildman–Crippen LogP) is 4.45. The SMILES string of the molecule is CCCC(=O)Nc1cccc(NC(=O)C2CC2c2ccc(F)c(F)c2)c1. The van der Waals surface area contributed by atoms with Crippen LogP contribution >= 0.6 is 0 Å². The van der Waals surface area contributed by atoms with Crippen LogP contribution in [0.5, 0.6) is 0 Å². The minimum absolute atomic E-state index is 0.0726. The standard InChI is InChI=1S/C20H20F2N2O2/c1-2-4-19(25)23-13-5-3-6-14(10-13)24-20(26)16-11-15(16)12-7-8-17(21)18(22)9-12/h3,5-10,15-16H,2,4,11H2,1H3,(H,23,25)(H,24,26). The van der Waals surface area contributed by atoms with Crippen LogP contribution in [0.2, 0.25) is 0 Å². The van der Waals surface area contributed by atoms with Crippen LogP contribution in [0.1, 0.15) is 37.7 Å². The lowest BCUT2D eigenvalue weighted by molar-refractivity contribution is -0.117. The van der Waals surface area contributed by atoms with Crippen molar-refractivity contribution in [1.29, 1.82) is 0 Å². The molecule has 2 aromatic rings. The summed E-state index contributed by atoms with van der Waals surface area (Å²) in [5.74, 6) is -2.40. The van der Waals surface area contributed by atoms with Crippen molar-refractivity contribution in [1.82, 2.24) is 0 Å². The van der Waals surface area contributed by atoms with Crippen molar-refractivity contribution in [3.05, 3.63) is 59.7 Å². The van der Waals surface area contributed by atoms with Crippen molar-refractivity contribution < 1.29 is 18.4 Å². The molecule has 0 aliphatic heterocycles. The van der Waals surface area contributed by atoms with E-state index in [-0.39, 0.29) is 23.7 Å². The van der Waals surface area contributed by atoms with Crippen LogP contribution in [-0.2, 0) is 9.59 Å². The number of carbonyl (C=O) groups excluding carboxylic acids is 2. The first-order valence-corrected chi connectivity index (χ1v) is 8.63. The van der Waals surface area contributed by atoms with Gasteiger partial charge in [0.15, 0.2) is 11.6 Å². The molecule has 1 fully saturated rings. The number of hydrogen-bond donors (Lipinski definition) is 2. The number of hydrogen-bond acceptors (Lipinski definition) is 2. The van der Waals surface area contributed by atoms with Gasteiger partial charge in [0.05, 0.1) is 0 Å². The second kappa shape index (κ2) is 7.64. The van der Waals surface area contributed by atoms with Crippen molar-refractivity contribution in [3.8, 4) is 0 Å². The fraction of sp³-hybridized carbons (Fsp3) is 0.300. The lowest BCUT2D eigenvalue weighted by Crippen LogP contribution is -2.15. The van der Waals surface area contributed by atoms with E-state index in [1.165, 1.54) is 6.07 Å². The number of rotatable bonds is 6. The van der Waals surface area contributed by atoms with Crippen molar-refractivity contribution >= 4 is 23.2 Å². The fourth-order valence-corrected chi connectivity index (χ4v) is 2.96. The minimum Gasteiger partial charge on any atom is -0.326 e. The summed E-state index contributed by atoms with van der Waals surface area (Å²) >= 11 is 0. The van der Waals surface area contributed by atoms with E-state index in [2.05, 4.69) is 10.6 Å². The molecule has 1 saturated carbocycles. The fourth-order valence-electron chi connectivity index (χ4n) is 2.96. The van der Waals surface area contributed by atoms with Gasteiger partial charge < -0.3 is 10.6 Å². The first kappa shape index (κ1) is 18.0. The molecule has 0 heterocycles. The average Bonchev–Trinajstić information content (AvgIpc) is 3.39. The van der Waals surface area contributed by atoms with E-state index in [0.29, 0.717) is 29.8 Å². The predicted molar refractivity (Wildman–Crippen MR) is 95.8 cm³/mol. The molecule has 136 valence electrons. The molecule has 0 saturated heterocycles. The van der Waals surface area contributed by atoms with E-state index < -0.39 is 11.6 Å². The maximum absolute atomic E-state index is 13.3. The second-order valence-corrected chi connectivity index (χ2v) is 6.49. The minimum atomic E-state index is -0.899. The molecule has 0 spiro atoms. The maximum atomic E-state index is 13.3. The van der Waals surface area contributed by atoms with E-state index >= 15 is 0 Å². The average molecular weight is 358 g/mol. The lowest BCUT2D eigenvalue weighted by Gasteiger charge is -2.09. The van der Waals surface area contributed by atoms with Gasteiger partial charge in [-0.1, -0.05) is 19.1 Å². The van der Waals surface area contributed by atoms with Crippen LogP contribution in [0.15, 0.2) is 42.5 Å². The zero-order chi connectivity index (χ0) is 18.7. The van der Waals surface area contributed by atoms with Gasteiger partial charge in [-0.25, -0.2) is 8.78 Å². The number of benzene rings is 2. The summed E-state index contributed by atoms with van der Waals surface area (Å²) in [7, 11) is 0. The van der Waals surface area contributed by atoms with E-state index in [9.17, 15) is 18.4 Å². The Balaban J connectivity index is 1.60. The quantitative estimate of drug-likeness (QED) is 0.802. The van der Waals surface area contributed by atoms with Gasteiger partial charge in [-0.3, -0.25) is 9.59 Å². The molecule has 6 heteroatoms. The highest BCUT2D eigenvalue weighted by Crippen LogP contribution is 2.48. The Labute approximate surface area is 150 Å². The monoisotopic (exact) mass is 358 g/mol. The Morgan fingerprint density at radius 2 is 1.77 bits per heavy atom. The number of anilines is 2. The summed E-state index contributed by atoms with van der Waals surface area (Å²) in [6.07, 6.45) is 1.80. The van der Waals surface area contributed by atoms with Crippen LogP contribution in [0.4, 0.5) is 20.2 Å². The molecule has 4 nitrogen and oxygen atoms in total. The molecule has 2 atom stereocenters. The van der Waals surface area contributed by atoms with Crippen molar-refractivity contribution in [2.45, 2.75) is 32.1 Å². The lowest BCUT2D eigenvalue weighted by atomic mass is 10.1. The summed E-state index contributed by atoms with van der Waals surface area (Å²) in [4.78, 5) is 24.0. The van der Waals surface area contributed by atoms with Crippen LogP contribution in [0.25, 0.3) is 0 Å². The Kier molecular flexibility index (Phi) is 5.30. The molecule has 0 aromatic heterocycles. The largest absolute Gasteiger partial charge is 0.326 e. The molecule has 2 N–H and O–H groups in total. The Morgan fingerprint density at radius 1 is 1.04 bits per heavy atom. The molecule has 3 rings (SSSR count). The smallest absolute Gasteiger partial charge is 0.228 e. The molecule has 0 radical (unpaired) electrons. The van der Waals surface area contributed by atoms with Gasteiger partial charge in [0.2, 0.25) is 11.8 Å². The molecule has 2 aromatic carbocycles. The number of amides is 2. The molecule has 2 amide bonds. The van der Waals surface area contributed by atoms with E-state index in [0.717, 1.165) is 18.6 Å². The van der Waals surface area contributed by atoms with Crippen LogP contribution in [-0.4, -0.2) is 11.8 Å². The van der Waals surface area contributed by atoms with Crippen molar-refractivity contribution in [2.75, 3.05) is 10.6 Å². The third-order valence-electron chi connectivity index (χ3n) is 4.39. The maximum Gasteiger partial charge on any atom is 0.228 e. The van der Waals surface area contributed by atoms with Crippen molar-refractivity contribution in [2.24, 2.45) is 5.92 Å². The van der Waals surface area contributed by atoms with Crippen molar-refractivity contribution in [3.63, 3.8) is 0 Å². The van der Waals surface area contributed by atoms with E-state index in [4.69, 9.17) is 0 Å². The van der Waals surface area contributed by atoms with E-state index in [1.807, 2.05) is 6.92 Å². The molecule has 1 aliphatic carbocycles. The highest BCUT2D eigenvalue weighted by molar-refractivity contribution is 5.96.